The van der Waals surface area contributed by atoms with Gasteiger partial charge in [-0.25, -0.2) is 4.79 Å². The topological polar surface area (TPSA) is 79.5 Å². The number of halogens is 2. The molecule has 1 heterocycles. The van der Waals surface area contributed by atoms with Crippen LogP contribution in [0.3, 0.4) is 0 Å². The summed E-state index contributed by atoms with van der Waals surface area (Å²) in [5.74, 6) is -1.27. The highest BCUT2D eigenvalue weighted by atomic mass is 35.5. The van der Waals surface area contributed by atoms with Gasteiger partial charge in [0.1, 0.15) is 5.76 Å². The van der Waals surface area contributed by atoms with E-state index in [2.05, 4.69) is 5.32 Å². The van der Waals surface area contributed by atoms with E-state index in [9.17, 15) is 9.59 Å². The van der Waals surface area contributed by atoms with Crippen molar-refractivity contribution in [3.05, 3.63) is 57.5 Å². The fourth-order valence-corrected chi connectivity index (χ4v) is 2.23. The predicted molar refractivity (Wildman–Crippen MR) is 77.7 cm³/mol. The Hall–Kier alpha value is -1.98. The fraction of sp³-hybridized carbons (Fsp3) is 0.143. The van der Waals surface area contributed by atoms with Gasteiger partial charge in [-0.2, -0.15) is 0 Å². The molecule has 2 aromatic rings. The van der Waals surface area contributed by atoms with Crippen LogP contribution in [0.1, 0.15) is 21.9 Å². The summed E-state index contributed by atoms with van der Waals surface area (Å²) >= 11 is 12.0. The van der Waals surface area contributed by atoms with Gasteiger partial charge in [-0.3, -0.25) is 4.79 Å². The third-order valence-electron chi connectivity index (χ3n) is 2.73. The van der Waals surface area contributed by atoms with Gasteiger partial charge in [-0.1, -0.05) is 29.3 Å². The minimum atomic E-state index is -1.16. The van der Waals surface area contributed by atoms with Gasteiger partial charge in [-0.15, -0.1) is 0 Å². The Balaban J connectivity index is 1.94. The van der Waals surface area contributed by atoms with E-state index < -0.39 is 5.97 Å². The van der Waals surface area contributed by atoms with Gasteiger partial charge in [-0.05, 0) is 29.8 Å². The zero-order valence-corrected chi connectivity index (χ0v) is 12.2. The van der Waals surface area contributed by atoms with Crippen LogP contribution in [-0.4, -0.2) is 17.0 Å². The standard InChI is InChI=1S/C14H11Cl2NO4/c15-10-2-1-3-11(16)9(10)6-13(18)17-7-8-4-5-12(21-8)14(19)20/h1-5H,6-7H2,(H,17,18)(H,19,20). The molecule has 2 rings (SSSR count). The smallest absolute Gasteiger partial charge is 0.371 e. The Morgan fingerprint density at radius 3 is 2.38 bits per heavy atom. The summed E-state index contributed by atoms with van der Waals surface area (Å²) < 4.78 is 5.03. The summed E-state index contributed by atoms with van der Waals surface area (Å²) in [6.07, 6.45) is 0.0327. The van der Waals surface area contributed by atoms with Crippen LogP contribution >= 0.6 is 23.2 Å². The molecule has 0 bridgehead atoms. The fourth-order valence-electron chi connectivity index (χ4n) is 1.70. The number of carboxylic acids is 1. The normalized spacial score (nSPS) is 10.4. The van der Waals surface area contributed by atoms with Crippen LogP contribution in [0.25, 0.3) is 0 Å². The van der Waals surface area contributed by atoms with E-state index in [0.717, 1.165) is 0 Å². The molecule has 5 nitrogen and oxygen atoms in total. The SMILES string of the molecule is O=C(Cc1c(Cl)cccc1Cl)NCc1ccc(C(=O)O)o1. The van der Waals surface area contributed by atoms with Gasteiger partial charge in [0.25, 0.3) is 0 Å². The lowest BCUT2D eigenvalue weighted by Gasteiger charge is -2.07. The molecular weight excluding hydrogens is 317 g/mol. The number of carbonyl (C=O) groups excluding carboxylic acids is 1. The van der Waals surface area contributed by atoms with Gasteiger partial charge >= 0.3 is 5.97 Å². The van der Waals surface area contributed by atoms with E-state index in [1.165, 1.54) is 12.1 Å². The number of benzene rings is 1. The Kier molecular flexibility index (Phi) is 4.88. The maximum atomic E-state index is 11.8. The Labute approximate surface area is 130 Å². The van der Waals surface area contributed by atoms with Gasteiger partial charge in [0.2, 0.25) is 11.7 Å². The van der Waals surface area contributed by atoms with Crippen LogP contribution in [-0.2, 0) is 17.8 Å². The maximum absolute atomic E-state index is 11.8. The number of carbonyl (C=O) groups is 2. The number of hydrogen-bond donors (Lipinski definition) is 2. The number of amides is 1. The summed E-state index contributed by atoms with van der Waals surface area (Å²) in [6.45, 7) is 0.0915. The van der Waals surface area contributed by atoms with Crippen molar-refractivity contribution in [2.24, 2.45) is 0 Å². The van der Waals surface area contributed by atoms with Gasteiger partial charge in [0, 0.05) is 10.0 Å². The van der Waals surface area contributed by atoms with Crippen LogP contribution in [0.5, 0.6) is 0 Å². The summed E-state index contributed by atoms with van der Waals surface area (Å²) in [4.78, 5) is 22.5. The molecule has 1 aromatic carbocycles. The molecule has 7 heteroatoms. The monoisotopic (exact) mass is 327 g/mol. The lowest BCUT2D eigenvalue weighted by molar-refractivity contribution is -0.120. The number of rotatable bonds is 5. The molecule has 0 atom stereocenters. The molecule has 0 aliphatic rings. The van der Waals surface area contributed by atoms with Crippen molar-refractivity contribution in [3.63, 3.8) is 0 Å². The first-order valence-corrected chi connectivity index (χ1v) is 6.74. The maximum Gasteiger partial charge on any atom is 0.371 e. The minimum Gasteiger partial charge on any atom is -0.475 e. The third kappa shape index (κ3) is 4.00. The molecule has 0 radical (unpaired) electrons. The molecule has 0 aliphatic heterocycles. The van der Waals surface area contributed by atoms with E-state index in [1.54, 1.807) is 18.2 Å². The summed E-state index contributed by atoms with van der Waals surface area (Å²) in [7, 11) is 0. The summed E-state index contributed by atoms with van der Waals surface area (Å²) in [6, 6.07) is 7.83. The highest BCUT2D eigenvalue weighted by molar-refractivity contribution is 6.36. The molecule has 110 valence electrons. The van der Waals surface area contributed by atoms with Crippen LogP contribution in [0.15, 0.2) is 34.7 Å². The van der Waals surface area contributed by atoms with E-state index >= 15 is 0 Å². The summed E-state index contributed by atoms with van der Waals surface area (Å²) in [5, 5.41) is 12.2. The molecular formula is C14H11Cl2NO4. The van der Waals surface area contributed by atoms with E-state index in [0.29, 0.717) is 21.4 Å². The van der Waals surface area contributed by atoms with Crippen LogP contribution in [0.4, 0.5) is 0 Å². The van der Waals surface area contributed by atoms with Crippen molar-refractivity contribution in [2.45, 2.75) is 13.0 Å². The lowest BCUT2D eigenvalue weighted by atomic mass is 10.1. The number of furan rings is 1. The quantitative estimate of drug-likeness (QED) is 0.884. The van der Waals surface area contributed by atoms with Crippen molar-refractivity contribution in [3.8, 4) is 0 Å². The molecule has 0 saturated carbocycles. The number of hydrogen-bond acceptors (Lipinski definition) is 3. The number of carboxylic acid groups (broad SMARTS) is 1. The van der Waals surface area contributed by atoms with Gasteiger partial charge in [0.05, 0.1) is 13.0 Å². The zero-order valence-electron chi connectivity index (χ0n) is 10.7. The van der Waals surface area contributed by atoms with E-state index in [4.69, 9.17) is 32.7 Å². The first-order valence-electron chi connectivity index (χ1n) is 5.99. The highest BCUT2D eigenvalue weighted by Crippen LogP contribution is 2.24. The average Bonchev–Trinajstić information content (AvgIpc) is 2.90. The summed E-state index contributed by atoms with van der Waals surface area (Å²) in [5.41, 5.74) is 0.545. The Morgan fingerprint density at radius 2 is 1.81 bits per heavy atom. The van der Waals surface area contributed by atoms with Gasteiger partial charge in [0.15, 0.2) is 0 Å². The van der Waals surface area contributed by atoms with Crippen molar-refractivity contribution < 1.29 is 19.1 Å². The molecule has 21 heavy (non-hydrogen) atoms. The lowest BCUT2D eigenvalue weighted by Crippen LogP contribution is -2.24. The molecule has 0 unspecified atom stereocenters. The van der Waals surface area contributed by atoms with E-state index in [1.807, 2.05) is 0 Å². The van der Waals surface area contributed by atoms with Crippen molar-refractivity contribution in [1.29, 1.82) is 0 Å². The van der Waals surface area contributed by atoms with Crippen molar-refractivity contribution in [2.75, 3.05) is 0 Å². The molecule has 2 N–H and O–H groups in total. The van der Waals surface area contributed by atoms with E-state index in [-0.39, 0.29) is 24.6 Å². The first kappa shape index (κ1) is 15.4. The third-order valence-corrected chi connectivity index (χ3v) is 3.44. The second kappa shape index (κ2) is 6.65. The molecule has 1 aromatic heterocycles. The first-order chi connectivity index (χ1) is 9.97. The van der Waals surface area contributed by atoms with Crippen LogP contribution < -0.4 is 5.32 Å². The predicted octanol–water partition coefficient (Wildman–Crippen LogP) is 3.14. The molecule has 1 amide bonds. The largest absolute Gasteiger partial charge is 0.475 e. The molecule has 0 saturated heterocycles. The minimum absolute atomic E-state index is 0.0327. The number of aromatic carboxylic acids is 1. The number of nitrogens with one attached hydrogen (secondary N) is 1. The molecule has 0 fully saturated rings. The second-order valence-corrected chi connectivity index (χ2v) is 5.04. The zero-order chi connectivity index (χ0) is 15.4. The molecule has 0 spiro atoms. The van der Waals surface area contributed by atoms with Crippen LogP contribution in [0.2, 0.25) is 10.0 Å². The Morgan fingerprint density at radius 1 is 1.14 bits per heavy atom. The molecule has 0 aliphatic carbocycles. The Bertz CT molecular complexity index is 661. The van der Waals surface area contributed by atoms with Gasteiger partial charge < -0.3 is 14.8 Å². The van der Waals surface area contributed by atoms with Crippen LogP contribution in [0, 0.1) is 0 Å². The highest BCUT2D eigenvalue weighted by Gasteiger charge is 2.12. The van der Waals surface area contributed by atoms with Crippen molar-refractivity contribution in [1.82, 2.24) is 5.32 Å². The second-order valence-electron chi connectivity index (χ2n) is 4.22. The van der Waals surface area contributed by atoms with Crippen molar-refractivity contribution >= 4 is 35.1 Å². The average molecular weight is 328 g/mol.